The average molecular weight is 326 g/mol. The Morgan fingerprint density at radius 2 is 1.43 bits per heavy atom. The molecule has 1 fully saturated rings. The third-order valence-corrected chi connectivity index (χ3v) is 5.02. The van der Waals surface area contributed by atoms with Crippen LogP contribution in [0.2, 0.25) is 0 Å². The first-order valence-electron chi connectivity index (χ1n) is 9.54. The number of aliphatic carboxylic acids is 1. The molecule has 1 heterocycles. The topological polar surface area (TPSA) is 63.6 Å². The summed E-state index contributed by atoms with van der Waals surface area (Å²) in [6, 6.07) is 0. The molecule has 0 radical (unpaired) electrons. The number of carboxylic acids is 1. The van der Waals surface area contributed by atoms with Crippen molar-refractivity contribution in [2.45, 2.75) is 96.8 Å². The van der Waals surface area contributed by atoms with E-state index in [-0.39, 0.29) is 6.61 Å². The smallest absolute Gasteiger partial charge is 0.323 e. The molecular weight excluding hydrogens is 292 g/mol. The van der Waals surface area contributed by atoms with Crippen LogP contribution in [0.3, 0.4) is 0 Å². The van der Waals surface area contributed by atoms with Crippen LogP contribution >= 0.6 is 0 Å². The third-order valence-electron chi connectivity index (χ3n) is 5.02. The average Bonchev–Trinajstić information content (AvgIpc) is 2.90. The lowest BCUT2D eigenvalue weighted by atomic mass is 9.81. The largest absolute Gasteiger partial charge is 0.480 e. The maximum Gasteiger partial charge on any atom is 0.323 e. The highest BCUT2D eigenvalue weighted by Crippen LogP contribution is 2.36. The standard InChI is InChI=1S/C19H34O4/c1-2-3-4-5-6-7-8-9-10-11-12-13-14-19(17(20)21)15-16-23-18(19)22/h2-16H2,1H3,(H,20,21). The molecule has 23 heavy (non-hydrogen) atoms. The van der Waals surface area contributed by atoms with Crippen molar-refractivity contribution in [2.24, 2.45) is 5.41 Å². The molecule has 0 aromatic rings. The van der Waals surface area contributed by atoms with E-state index in [1.807, 2.05) is 0 Å². The van der Waals surface area contributed by atoms with Crippen LogP contribution in [0.25, 0.3) is 0 Å². The van der Waals surface area contributed by atoms with Crippen LogP contribution in [0.5, 0.6) is 0 Å². The maximum atomic E-state index is 11.7. The van der Waals surface area contributed by atoms with Gasteiger partial charge in [-0.25, -0.2) is 0 Å². The Balaban J connectivity index is 1.97. The van der Waals surface area contributed by atoms with Gasteiger partial charge in [0.25, 0.3) is 0 Å². The van der Waals surface area contributed by atoms with Crippen molar-refractivity contribution in [3.8, 4) is 0 Å². The summed E-state index contributed by atoms with van der Waals surface area (Å²) in [5.74, 6) is -1.55. The molecule has 1 rings (SSSR count). The van der Waals surface area contributed by atoms with Crippen molar-refractivity contribution in [1.29, 1.82) is 0 Å². The highest BCUT2D eigenvalue weighted by Gasteiger charge is 2.50. The minimum absolute atomic E-state index is 0.253. The SMILES string of the molecule is CCCCCCCCCCCCCCC1(C(=O)O)CCOC1=O. The van der Waals surface area contributed by atoms with Gasteiger partial charge in [-0.15, -0.1) is 0 Å². The summed E-state index contributed by atoms with van der Waals surface area (Å²) in [4.78, 5) is 23.0. The number of unbranched alkanes of at least 4 members (excludes halogenated alkanes) is 11. The van der Waals surface area contributed by atoms with E-state index in [4.69, 9.17) is 4.74 Å². The second-order valence-electron chi connectivity index (χ2n) is 6.91. The van der Waals surface area contributed by atoms with Crippen LogP contribution in [0.4, 0.5) is 0 Å². The molecule has 1 saturated heterocycles. The van der Waals surface area contributed by atoms with Crippen molar-refractivity contribution >= 4 is 11.9 Å². The number of carboxylic acid groups (broad SMARTS) is 1. The van der Waals surface area contributed by atoms with E-state index in [1.54, 1.807) is 0 Å². The summed E-state index contributed by atoms with van der Waals surface area (Å²) < 4.78 is 4.87. The van der Waals surface area contributed by atoms with Gasteiger partial charge in [-0.05, 0) is 6.42 Å². The summed E-state index contributed by atoms with van der Waals surface area (Å²) in [6.45, 7) is 2.50. The molecule has 0 amide bonds. The van der Waals surface area contributed by atoms with Gasteiger partial charge in [-0.3, -0.25) is 9.59 Å². The lowest BCUT2D eigenvalue weighted by molar-refractivity contribution is -0.161. The monoisotopic (exact) mass is 326 g/mol. The molecule has 1 aliphatic rings. The van der Waals surface area contributed by atoms with Crippen molar-refractivity contribution in [3.05, 3.63) is 0 Å². The molecule has 1 atom stereocenters. The molecule has 1 N–H and O–H groups in total. The van der Waals surface area contributed by atoms with Gasteiger partial charge in [-0.2, -0.15) is 0 Å². The van der Waals surface area contributed by atoms with Gasteiger partial charge in [-0.1, -0.05) is 84.0 Å². The lowest BCUT2D eigenvalue weighted by Gasteiger charge is -2.18. The Labute approximate surface area is 141 Å². The van der Waals surface area contributed by atoms with Crippen LogP contribution in [0, 0.1) is 5.41 Å². The normalized spacial score (nSPS) is 20.7. The van der Waals surface area contributed by atoms with Crippen molar-refractivity contribution < 1.29 is 19.4 Å². The van der Waals surface area contributed by atoms with E-state index in [0.29, 0.717) is 12.8 Å². The van der Waals surface area contributed by atoms with Gasteiger partial charge in [0.15, 0.2) is 5.41 Å². The second-order valence-corrected chi connectivity index (χ2v) is 6.91. The van der Waals surface area contributed by atoms with Crippen LogP contribution in [0.1, 0.15) is 96.8 Å². The summed E-state index contributed by atoms with van der Waals surface area (Å²) >= 11 is 0. The molecule has 134 valence electrons. The summed E-state index contributed by atoms with van der Waals surface area (Å²) in [5.41, 5.74) is -1.25. The minimum Gasteiger partial charge on any atom is -0.480 e. The van der Waals surface area contributed by atoms with E-state index in [9.17, 15) is 14.7 Å². The zero-order valence-electron chi connectivity index (χ0n) is 14.8. The Bertz CT molecular complexity index is 353. The summed E-state index contributed by atoms with van der Waals surface area (Å²) in [7, 11) is 0. The molecule has 4 heteroatoms. The molecular formula is C19H34O4. The lowest BCUT2D eigenvalue weighted by Crippen LogP contribution is -2.35. The van der Waals surface area contributed by atoms with Crippen molar-refractivity contribution in [3.63, 3.8) is 0 Å². The number of ether oxygens (including phenoxy) is 1. The number of rotatable bonds is 14. The van der Waals surface area contributed by atoms with E-state index < -0.39 is 17.4 Å². The van der Waals surface area contributed by atoms with Crippen LogP contribution < -0.4 is 0 Å². The minimum atomic E-state index is -1.25. The first kappa shape index (κ1) is 20.0. The quantitative estimate of drug-likeness (QED) is 0.274. The predicted molar refractivity (Wildman–Crippen MR) is 91.3 cm³/mol. The molecule has 0 spiro atoms. The molecule has 1 unspecified atom stereocenters. The van der Waals surface area contributed by atoms with Gasteiger partial charge in [0.2, 0.25) is 0 Å². The number of cyclic esters (lactones) is 1. The predicted octanol–water partition coefficient (Wildman–Crippen LogP) is 5.10. The summed E-state index contributed by atoms with van der Waals surface area (Å²) in [6.07, 6.45) is 15.7. The maximum absolute atomic E-state index is 11.7. The van der Waals surface area contributed by atoms with Gasteiger partial charge in [0.05, 0.1) is 6.61 Å². The molecule has 0 bridgehead atoms. The fourth-order valence-corrected chi connectivity index (χ4v) is 3.35. The van der Waals surface area contributed by atoms with Crippen LogP contribution in [0.15, 0.2) is 0 Å². The van der Waals surface area contributed by atoms with E-state index in [1.165, 1.54) is 57.8 Å². The van der Waals surface area contributed by atoms with Crippen molar-refractivity contribution in [1.82, 2.24) is 0 Å². The highest BCUT2D eigenvalue weighted by atomic mass is 16.5. The fourth-order valence-electron chi connectivity index (χ4n) is 3.35. The number of carbonyl (C=O) groups is 2. The van der Waals surface area contributed by atoms with Gasteiger partial charge < -0.3 is 9.84 Å². The Hall–Kier alpha value is -1.06. The van der Waals surface area contributed by atoms with Gasteiger partial charge in [0, 0.05) is 6.42 Å². The molecule has 4 nitrogen and oxygen atoms in total. The number of carbonyl (C=O) groups excluding carboxylic acids is 1. The highest BCUT2D eigenvalue weighted by molar-refractivity contribution is 6.00. The molecule has 0 aliphatic carbocycles. The Morgan fingerprint density at radius 3 is 1.83 bits per heavy atom. The summed E-state index contributed by atoms with van der Waals surface area (Å²) in [5, 5.41) is 9.31. The number of hydrogen-bond donors (Lipinski definition) is 1. The fraction of sp³-hybridized carbons (Fsp3) is 0.895. The Kier molecular flexibility index (Phi) is 9.97. The zero-order valence-corrected chi connectivity index (χ0v) is 14.8. The molecule has 1 aliphatic heterocycles. The number of esters is 1. The zero-order chi connectivity index (χ0) is 17.0. The first-order valence-corrected chi connectivity index (χ1v) is 9.54. The van der Waals surface area contributed by atoms with Crippen LogP contribution in [-0.4, -0.2) is 23.7 Å². The van der Waals surface area contributed by atoms with Gasteiger partial charge in [0.1, 0.15) is 0 Å². The third kappa shape index (κ3) is 6.92. The molecule has 0 saturated carbocycles. The van der Waals surface area contributed by atoms with Gasteiger partial charge >= 0.3 is 11.9 Å². The Morgan fingerprint density at radius 1 is 0.957 bits per heavy atom. The first-order chi connectivity index (χ1) is 11.1. The number of hydrogen-bond acceptors (Lipinski definition) is 3. The molecule has 0 aromatic carbocycles. The van der Waals surface area contributed by atoms with E-state index in [0.717, 1.165) is 19.3 Å². The van der Waals surface area contributed by atoms with E-state index >= 15 is 0 Å². The molecule has 0 aromatic heterocycles. The van der Waals surface area contributed by atoms with Crippen molar-refractivity contribution in [2.75, 3.05) is 6.61 Å². The van der Waals surface area contributed by atoms with E-state index in [2.05, 4.69) is 6.92 Å². The second kappa shape index (κ2) is 11.5. The van der Waals surface area contributed by atoms with Crippen LogP contribution in [-0.2, 0) is 14.3 Å².